The average Bonchev–Trinajstić information content (AvgIpc) is 2.54. The van der Waals surface area contributed by atoms with Gasteiger partial charge >= 0.3 is 0 Å². The molecule has 24 heavy (non-hydrogen) atoms. The second-order valence-electron chi connectivity index (χ2n) is 5.80. The third-order valence-corrected chi connectivity index (χ3v) is 3.18. The van der Waals surface area contributed by atoms with Gasteiger partial charge in [-0.1, -0.05) is 0 Å². The number of carbonyl (C=O) groups is 2. The van der Waals surface area contributed by atoms with Crippen LogP contribution in [0.3, 0.4) is 0 Å². The van der Waals surface area contributed by atoms with Crippen molar-refractivity contribution in [2.24, 2.45) is 11.5 Å². The first kappa shape index (κ1) is 22.8. The molecule has 0 aliphatic heterocycles. The lowest BCUT2D eigenvalue weighted by molar-refractivity contribution is -0.122. The molecule has 0 aliphatic carbocycles. The largest absolute Gasteiger partial charge is 0.381 e. The summed E-state index contributed by atoms with van der Waals surface area (Å²) in [7, 11) is 0. The second-order valence-corrected chi connectivity index (χ2v) is 5.80. The maximum Gasteiger partial charge on any atom is 0.236 e. The second kappa shape index (κ2) is 15.3. The van der Waals surface area contributed by atoms with E-state index in [0.29, 0.717) is 39.5 Å². The first-order chi connectivity index (χ1) is 11.4. The lowest BCUT2D eigenvalue weighted by atomic mass is 10.3. The molecular formula is C16H34N4O4. The summed E-state index contributed by atoms with van der Waals surface area (Å²) in [6, 6.07) is -0.933. The normalized spacial score (nSPS) is 13.3. The summed E-state index contributed by atoms with van der Waals surface area (Å²) in [4.78, 5) is 22.4. The van der Waals surface area contributed by atoms with Crippen LogP contribution in [0, 0.1) is 0 Å². The van der Waals surface area contributed by atoms with Crippen LogP contribution in [0.2, 0.25) is 0 Å². The minimum atomic E-state index is -0.466. The first-order valence-corrected chi connectivity index (χ1v) is 8.67. The van der Waals surface area contributed by atoms with Gasteiger partial charge < -0.3 is 31.6 Å². The maximum atomic E-state index is 11.2. The van der Waals surface area contributed by atoms with E-state index >= 15 is 0 Å². The molecule has 0 fully saturated rings. The lowest BCUT2D eigenvalue weighted by Crippen LogP contribution is -2.38. The van der Waals surface area contributed by atoms with E-state index in [4.69, 9.17) is 20.9 Å². The SMILES string of the molecule is CC(N)C(=O)NCCCOCCCCOCCCNC(=O)C(C)N. The van der Waals surface area contributed by atoms with Crippen LogP contribution >= 0.6 is 0 Å². The fourth-order valence-corrected chi connectivity index (χ4v) is 1.71. The van der Waals surface area contributed by atoms with Gasteiger partial charge in [-0.05, 0) is 39.5 Å². The number of rotatable bonds is 15. The van der Waals surface area contributed by atoms with E-state index < -0.39 is 12.1 Å². The topological polar surface area (TPSA) is 129 Å². The van der Waals surface area contributed by atoms with Crippen LogP contribution < -0.4 is 22.1 Å². The fraction of sp³-hybridized carbons (Fsp3) is 0.875. The molecule has 2 amide bonds. The Kier molecular flexibility index (Phi) is 14.5. The summed E-state index contributed by atoms with van der Waals surface area (Å²) >= 11 is 0. The molecule has 0 saturated heterocycles. The van der Waals surface area contributed by atoms with Gasteiger partial charge in [-0.25, -0.2) is 0 Å². The van der Waals surface area contributed by atoms with Crippen LogP contribution in [0.15, 0.2) is 0 Å². The monoisotopic (exact) mass is 346 g/mol. The number of amides is 2. The van der Waals surface area contributed by atoms with E-state index in [0.717, 1.165) is 25.7 Å². The van der Waals surface area contributed by atoms with Gasteiger partial charge in [0.25, 0.3) is 0 Å². The highest BCUT2D eigenvalue weighted by molar-refractivity contribution is 5.81. The summed E-state index contributed by atoms with van der Waals surface area (Å²) in [5.41, 5.74) is 10.9. The van der Waals surface area contributed by atoms with E-state index in [1.165, 1.54) is 0 Å². The number of nitrogens with one attached hydrogen (secondary N) is 2. The molecule has 0 spiro atoms. The van der Waals surface area contributed by atoms with Gasteiger partial charge in [0.1, 0.15) is 0 Å². The minimum absolute atomic E-state index is 0.135. The van der Waals surface area contributed by atoms with Gasteiger partial charge in [-0.2, -0.15) is 0 Å². The molecule has 0 aromatic carbocycles. The zero-order valence-corrected chi connectivity index (χ0v) is 15.0. The van der Waals surface area contributed by atoms with E-state index in [2.05, 4.69) is 10.6 Å². The van der Waals surface area contributed by atoms with Crippen molar-refractivity contribution < 1.29 is 19.1 Å². The Balaban J connectivity index is 3.15. The van der Waals surface area contributed by atoms with Gasteiger partial charge in [0.05, 0.1) is 12.1 Å². The first-order valence-electron chi connectivity index (χ1n) is 8.67. The lowest BCUT2D eigenvalue weighted by Gasteiger charge is -2.09. The molecule has 6 N–H and O–H groups in total. The molecule has 142 valence electrons. The zero-order valence-electron chi connectivity index (χ0n) is 15.0. The fourth-order valence-electron chi connectivity index (χ4n) is 1.71. The summed E-state index contributed by atoms with van der Waals surface area (Å²) < 4.78 is 10.9. The van der Waals surface area contributed by atoms with Crippen molar-refractivity contribution in [3.05, 3.63) is 0 Å². The molecule has 0 aliphatic rings. The molecule has 8 heteroatoms. The number of carbonyl (C=O) groups excluding carboxylic acids is 2. The van der Waals surface area contributed by atoms with E-state index in [9.17, 15) is 9.59 Å². The Morgan fingerprint density at radius 1 is 0.750 bits per heavy atom. The maximum absolute atomic E-state index is 11.2. The predicted molar refractivity (Wildman–Crippen MR) is 93.4 cm³/mol. The van der Waals surface area contributed by atoms with Crippen LogP contribution in [0.4, 0.5) is 0 Å². The highest BCUT2D eigenvalue weighted by Crippen LogP contribution is 1.93. The Morgan fingerprint density at radius 3 is 1.42 bits per heavy atom. The third kappa shape index (κ3) is 14.4. The van der Waals surface area contributed by atoms with Gasteiger partial charge in [-0.3, -0.25) is 9.59 Å². The number of hydrogen-bond acceptors (Lipinski definition) is 6. The third-order valence-electron chi connectivity index (χ3n) is 3.18. The zero-order chi connectivity index (χ0) is 18.2. The molecule has 2 unspecified atom stereocenters. The van der Waals surface area contributed by atoms with Crippen molar-refractivity contribution in [1.82, 2.24) is 10.6 Å². The van der Waals surface area contributed by atoms with Crippen molar-refractivity contribution in [1.29, 1.82) is 0 Å². The summed E-state index contributed by atoms with van der Waals surface area (Å²) in [6.45, 7) is 7.11. The van der Waals surface area contributed by atoms with Gasteiger partial charge in [0.2, 0.25) is 11.8 Å². The number of unbranched alkanes of at least 4 members (excludes halogenated alkanes) is 1. The quantitative estimate of drug-likeness (QED) is 0.296. The van der Waals surface area contributed by atoms with E-state index in [-0.39, 0.29) is 11.8 Å². The van der Waals surface area contributed by atoms with Crippen LogP contribution in [-0.2, 0) is 19.1 Å². The molecule has 8 nitrogen and oxygen atoms in total. The summed E-state index contributed by atoms with van der Waals surface area (Å²) in [6.07, 6.45) is 3.44. The van der Waals surface area contributed by atoms with Crippen LogP contribution in [0.25, 0.3) is 0 Å². The highest BCUT2D eigenvalue weighted by Gasteiger charge is 2.05. The van der Waals surface area contributed by atoms with Gasteiger partial charge in [-0.15, -0.1) is 0 Å². The molecule has 0 aromatic rings. The van der Waals surface area contributed by atoms with Crippen LogP contribution in [0.5, 0.6) is 0 Å². The van der Waals surface area contributed by atoms with Crippen molar-refractivity contribution in [3.8, 4) is 0 Å². The average molecular weight is 346 g/mol. The van der Waals surface area contributed by atoms with E-state index in [1.807, 2.05) is 0 Å². The van der Waals surface area contributed by atoms with Crippen molar-refractivity contribution in [2.45, 2.75) is 51.6 Å². The van der Waals surface area contributed by atoms with Crippen molar-refractivity contribution in [2.75, 3.05) is 39.5 Å². The Hall–Kier alpha value is -1.22. The highest BCUT2D eigenvalue weighted by atomic mass is 16.5. The summed E-state index contributed by atoms with van der Waals surface area (Å²) in [5, 5.41) is 5.47. The number of nitrogens with two attached hydrogens (primary N) is 2. The van der Waals surface area contributed by atoms with Crippen LogP contribution in [-0.4, -0.2) is 63.4 Å². The van der Waals surface area contributed by atoms with Gasteiger partial charge in [0.15, 0.2) is 0 Å². The standard InChI is InChI=1S/C16H34N4O4/c1-13(17)15(21)19-7-5-11-23-9-3-4-10-24-12-6-8-20-16(22)14(2)18/h13-14H,3-12,17-18H2,1-2H3,(H,19,21)(H,20,22). The van der Waals surface area contributed by atoms with Crippen molar-refractivity contribution >= 4 is 11.8 Å². The van der Waals surface area contributed by atoms with E-state index in [1.54, 1.807) is 13.8 Å². The van der Waals surface area contributed by atoms with Crippen LogP contribution in [0.1, 0.15) is 39.5 Å². The summed E-state index contributed by atoms with van der Waals surface area (Å²) in [5.74, 6) is -0.270. The van der Waals surface area contributed by atoms with Gasteiger partial charge in [0, 0.05) is 39.5 Å². The predicted octanol–water partition coefficient (Wildman–Crippen LogP) is -0.493. The molecule has 0 heterocycles. The Morgan fingerprint density at radius 2 is 1.08 bits per heavy atom. The number of ether oxygens (including phenoxy) is 2. The Labute approximate surface area is 145 Å². The smallest absolute Gasteiger partial charge is 0.236 e. The molecule has 0 radical (unpaired) electrons. The molecular weight excluding hydrogens is 312 g/mol. The Bertz CT molecular complexity index is 306. The number of hydrogen-bond donors (Lipinski definition) is 4. The molecule has 0 aromatic heterocycles. The minimum Gasteiger partial charge on any atom is -0.381 e. The molecule has 0 saturated carbocycles. The molecule has 2 atom stereocenters. The van der Waals surface area contributed by atoms with Crippen molar-refractivity contribution in [3.63, 3.8) is 0 Å². The molecule has 0 bridgehead atoms. The molecule has 0 rings (SSSR count).